The van der Waals surface area contributed by atoms with E-state index < -0.39 is 0 Å². The minimum Gasteiger partial charge on any atom is -0.237 e. The molecule has 0 radical (unpaired) electrons. The lowest BCUT2D eigenvalue weighted by Crippen LogP contribution is -2.21. The molecule has 3 rings (SSSR count). The lowest BCUT2D eigenvalue weighted by Gasteiger charge is -2.20. The van der Waals surface area contributed by atoms with Crippen LogP contribution >= 0.6 is 0 Å². The van der Waals surface area contributed by atoms with E-state index >= 15 is 0 Å². The fraction of sp³-hybridized carbons (Fsp3) is 0.154. The van der Waals surface area contributed by atoms with Crippen molar-refractivity contribution in [1.29, 1.82) is 0 Å². The van der Waals surface area contributed by atoms with Crippen LogP contribution in [0.1, 0.15) is 19.4 Å². The molecule has 0 saturated carbocycles. The van der Waals surface area contributed by atoms with Gasteiger partial charge in [-0.05, 0) is 19.9 Å². The van der Waals surface area contributed by atoms with Gasteiger partial charge in [-0.1, -0.05) is 30.3 Å². The zero-order chi connectivity index (χ0) is 11.8. The third-order valence-electron chi connectivity index (χ3n) is 2.74. The molecule has 0 aromatic heterocycles. The Bertz CT molecular complexity index is 543. The van der Waals surface area contributed by atoms with Crippen molar-refractivity contribution in [2.45, 2.75) is 13.8 Å². The summed E-state index contributed by atoms with van der Waals surface area (Å²) in [6.07, 6.45) is 1.99. The molecule has 1 N–H and O–H groups in total. The molecule has 0 saturated heterocycles. The molecule has 0 unspecified atom stereocenters. The number of benzene rings is 1. The summed E-state index contributed by atoms with van der Waals surface area (Å²) in [6, 6.07) is 10.0. The third kappa shape index (κ3) is 1.62. The standard InChI is InChI=1S/C13H13N3O/c1-9-8-10(2)16-13(14-9)12(15-17-16)11-6-4-3-5-7-11/h3-8,15H,1-2H3. The number of allylic oxidation sites excluding steroid dienone is 2. The Balaban J connectivity index is 2.10. The van der Waals surface area contributed by atoms with E-state index in [1.807, 2.05) is 50.3 Å². The van der Waals surface area contributed by atoms with Crippen molar-refractivity contribution in [3.05, 3.63) is 53.5 Å². The summed E-state index contributed by atoms with van der Waals surface area (Å²) < 4.78 is 0. The molecule has 0 atom stereocenters. The van der Waals surface area contributed by atoms with Crippen LogP contribution in [0.2, 0.25) is 0 Å². The van der Waals surface area contributed by atoms with Crippen LogP contribution in [0.15, 0.2) is 52.9 Å². The highest BCUT2D eigenvalue weighted by atomic mass is 16.8. The first kappa shape index (κ1) is 10.1. The maximum absolute atomic E-state index is 5.42. The Kier molecular flexibility index (Phi) is 2.23. The molecule has 2 aliphatic rings. The first-order valence-electron chi connectivity index (χ1n) is 5.52. The van der Waals surface area contributed by atoms with Gasteiger partial charge in [0.2, 0.25) is 0 Å². The molecule has 1 aromatic carbocycles. The van der Waals surface area contributed by atoms with Gasteiger partial charge >= 0.3 is 0 Å². The van der Waals surface area contributed by atoms with Crippen LogP contribution < -0.4 is 5.48 Å². The van der Waals surface area contributed by atoms with Crippen molar-refractivity contribution in [3.8, 4) is 0 Å². The maximum atomic E-state index is 5.42. The molecule has 0 fully saturated rings. The van der Waals surface area contributed by atoms with E-state index in [4.69, 9.17) is 4.94 Å². The predicted octanol–water partition coefficient (Wildman–Crippen LogP) is 2.44. The molecule has 86 valence electrons. The number of nitrogens with zero attached hydrogens (tertiary/aromatic N) is 2. The minimum absolute atomic E-state index is 0.814. The van der Waals surface area contributed by atoms with Crippen molar-refractivity contribution >= 4 is 11.4 Å². The number of nitrogens with one attached hydrogen (secondary N) is 1. The Labute approximate surface area is 99.8 Å². The Morgan fingerprint density at radius 2 is 1.94 bits per heavy atom. The fourth-order valence-corrected chi connectivity index (χ4v) is 1.98. The van der Waals surface area contributed by atoms with Gasteiger partial charge in [-0.2, -0.15) is 5.06 Å². The second-order valence-electron chi connectivity index (χ2n) is 4.09. The van der Waals surface area contributed by atoms with E-state index in [-0.39, 0.29) is 0 Å². The number of hydrogen-bond donors (Lipinski definition) is 1. The van der Waals surface area contributed by atoms with Gasteiger partial charge in [0.05, 0.1) is 5.70 Å². The highest BCUT2D eigenvalue weighted by molar-refractivity contribution is 5.95. The average molecular weight is 227 g/mol. The van der Waals surface area contributed by atoms with Gasteiger partial charge < -0.3 is 0 Å². The minimum atomic E-state index is 0.814. The van der Waals surface area contributed by atoms with Gasteiger partial charge in [0.1, 0.15) is 5.70 Å². The van der Waals surface area contributed by atoms with E-state index in [1.165, 1.54) is 0 Å². The monoisotopic (exact) mass is 227 g/mol. The summed E-state index contributed by atoms with van der Waals surface area (Å²) in [5.41, 5.74) is 6.89. The van der Waals surface area contributed by atoms with E-state index in [2.05, 4.69) is 10.5 Å². The molecule has 0 aliphatic carbocycles. The number of hydrogen-bond acceptors (Lipinski definition) is 4. The van der Waals surface area contributed by atoms with E-state index in [0.717, 1.165) is 28.5 Å². The largest absolute Gasteiger partial charge is 0.237 e. The molecule has 4 heteroatoms. The molecular formula is C13H13N3O. The summed E-state index contributed by atoms with van der Waals surface area (Å²) in [4.78, 5) is 9.93. The van der Waals surface area contributed by atoms with Gasteiger partial charge in [-0.3, -0.25) is 0 Å². The number of rotatable bonds is 1. The van der Waals surface area contributed by atoms with Crippen molar-refractivity contribution < 1.29 is 4.94 Å². The Morgan fingerprint density at radius 3 is 2.71 bits per heavy atom. The van der Waals surface area contributed by atoms with Crippen LogP contribution in [0.3, 0.4) is 0 Å². The molecule has 17 heavy (non-hydrogen) atoms. The Morgan fingerprint density at radius 1 is 1.18 bits per heavy atom. The first-order valence-corrected chi connectivity index (χ1v) is 5.52. The summed E-state index contributed by atoms with van der Waals surface area (Å²) in [5, 5.41) is 1.70. The highest BCUT2D eigenvalue weighted by Crippen LogP contribution is 2.30. The molecule has 2 aliphatic heterocycles. The molecule has 4 nitrogen and oxygen atoms in total. The van der Waals surface area contributed by atoms with Crippen LogP contribution in [0.5, 0.6) is 0 Å². The van der Waals surface area contributed by atoms with Crippen LogP contribution in [0.4, 0.5) is 0 Å². The molecule has 0 amide bonds. The SMILES string of the molecule is CC1=CC(C)=NC2=C(c3ccccc3)NON12. The number of hydroxylamine groups is 3. The fourth-order valence-electron chi connectivity index (χ4n) is 1.98. The summed E-state index contributed by atoms with van der Waals surface area (Å²) in [6.45, 7) is 3.97. The molecule has 0 spiro atoms. The number of fused-ring (bicyclic) bond motifs is 1. The smallest absolute Gasteiger partial charge is 0.186 e. The lowest BCUT2D eigenvalue weighted by molar-refractivity contribution is -0.123. The summed E-state index contributed by atoms with van der Waals surface area (Å²) in [5.74, 6) is 0.814. The predicted molar refractivity (Wildman–Crippen MR) is 66.3 cm³/mol. The topological polar surface area (TPSA) is 36.9 Å². The normalized spacial score (nSPS) is 18.6. The average Bonchev–Trinajstić information content (AvgIpc) is 2.74. The highest BCUT2D eigenvalue weighted by Gasteiger charge is 2.28. The van der Waals surface area contributed by atoms with Gasteiger partial charge in [0, 0.05) is 11.3 Å². The first-order chi connectivity index (χ1) is 8.25. The second kappa shape index (κ2) is 3.75. The van der Waals surface area contributed by atoms with Crippen LogP contribution in [0, 0.1) is 0 Å². The number of aliphatic imine (C=N–C) groups is 1. The van der Waals surface area contributed by atoms with Crippen molar-refractivity contribution in [2.75, 3.05) is 0 Å². The van der Waals surface area contributed by atoms with E-state index in [9.17, 15) is 0 Å². The van der Waals surface area contributed by atoms with Crippen LogP contribution in [0.25, 0.3) is 5.70 Å². The quantitative estimate of drug-likeness (QED) is 0.800. The zero-order valence-corrected chi connectivity index (χ0v) is 9.77. The molecule has 1 aromatic rings. The van der Waals surface area contributed by atoms with E-state index in [1.54, 1.807) is 5.06 Å². The molecule has 2 heterocycles. The summed E-state index contributed by atoms with van der Waals surface area (Å²) in [7, 11) is 0. The third-order valence-corrected chi connectivity index (χ3v) is 2.74. The van der Waals surface area contributed by atoms with Crippen LogP contribution in [-0.2, 0) is 4.94 Å². The molecule has 0 bridgehead atoms. The lowest BCUT2D eigenvalue weighted by atomic mass is 10.1. The van der Waals surface area contributed by atoms with Gasteiger partial charge in [0.15, 0.2) is 5.82 Å². The summed E-state index contributed by atoms with van der Waals surface area (Å²) >= 11 is 0. The van der Waals surface area contributed by atoms with E-state index in [0.29, 0.717) is 0 Å². The molecular weight excluding hydrogens is 214 g/mol. The zero-order valence-electron chi connectivity index (χ0n) is 9.77. The Hall–Kier alpha value is -2.07. The van der Waals surface area contributed by atoms with Crippen molar-refractivity contribution in [2.24, 2.45) is 4.99 Å². The maximum Gasteiger partial charge on any atom is 0.186 e. The van der Waals surface area contributed by atoms with Gasteiger partial charge in [-0.15, -0.1) is 4.94 Å². The van der Waals surface area contributed by atoms with Crippen LogP contribution in [-0.4, -0.2) is 10.8 Å². The van der Waals surface area contributed by atoms with Crippen molar-refractivity contribution in [3.63, 3.8) is 0 Å². The van der Waals surface area contributed by atoms with Gasteiger partial charge in [-0.25, -0.2) is 10.5 Å². The second-order valence-corrected chi connectivity index (χ2v) is 4.09. The van der Waals surface area contributed by atoms with Gasteiger partial charge in [0.25, 0.3) is 0 Å². The van der Waals surface area contributed by atoms with Crippen molar-refractivity contribution in [1.82, 2.24) is 10.5 Å².